The summed E-state index contributed by atoms with van der Waals surface area (Å²) in [5.74, 6) is -0.0192. The topological polar surface area (TPSA) is 29.1 Å². The molecule has 0 aliphatic heterocycles. The Labute approximate surface area is 195 Å². The van der Waals surface area contributed by atoms with Gasteiger partial charge in [-0.2, -0.15) is 0 Å². The third-order valence-electron chi connectivity index (χ3n) is 5.51. The molecule has 0 saturated heterocycles. The van der Waals surface area contributed by atoms with Crippen LogP contribution in [0.15, 0.2) is 133 Å². The molecule has 0 heterocycles. The van der Waals surface area contributed by atoms with E-state index in [0.29, 0.717) is 5.56 Å². The number of carbonyl (C=O) groups excluding carboxylic acids is 1. The van der Waals surface area contributed by atoms with Crippen molar-refractivity contribution < 1.29 is 4.79 Å². The van der Waals surface area contributed by atoms with Gasteiger partial charge in [0.25, 0.3) is 0 Å². The fourth-order valence-corrected chi connectivity index (χ4v) is 3.71. The smallest absolute Gasteiger partial charge is 0.186 e. The summed E-state index contributed by atoms with van der Waals surface area (Å²) in [7, 11) is 0. The van der Waals surface area contributed by atoms with Crippen molar-refractivity contribution in [1.82, 2.24) is 5.32 Å². The van der Waals surface area contributed by atoms with Crippen molar-refractivity contribution in [3.63, 3.8) is 0 Å². The van der Waals surface area contributed by atoms with Gasteiger partial charge in [-0.1, -0.05) is 121 Å². The molecule has 1 atom stereocenters. The molecule has 0 bridgehead atoms. The largest absolute Gasteiger partial charge is 0.378 e. The van der Waals surface area contributed by atoms with Gasteiger partial charge in [-0.15, -0.1) is 0 Å². The Kier molecular flexibility index (Phi) is 7.29. The molecule has 0 amide bonds. The van der Waals surface area contributed by atoms with Gasteiger partial charge < -0.3 is 5.32 Å². The second-order valence-electron chi connectivity index (χ2n) is 7.90. The third-order valence-corrected chi connectivity index (χ3v) is 5.51. The predicted octanol–water partition coefficient (Wildman–Crippen LogP) is 7.34. The number of nitrogens with one attached hydrogen (secondary N) is 1. The summed E-state index contributed by atoms with van der Waals surface area (Å²) in [6, 6.07) is 40.1. The fraction of sp³-hybridized carbons (Fsp3) is 0.0645. The molecular formula is C31H27NO. The monoisotopic (exact) mass is 429 g/mol. The van der Waals surface area contributed by atoms with E-state index >= 15 is 0 Å². The molecule has 1 N–H and O–H groups in total. The first-order valence-corrected chi connectivity index (χ1v) is 11.2. The van der Waals surface area contributed by atoms with E-state index in [0.717, 1.165) is 22.4 Å². The molecule has 0 saturated carbocycles. The van der Waals surface area contributed by atoms with Crippen LogP contribution in [0.5, 0.6) is 0 Å². The molecule has 0 radical (unpaired) electrons. The fourth-order valence-electron chi connectivity index (χ4n) is 3.71. The summed E-state index contributed by atoms with van der Waals surface area (Å²) in [5.41, 5.74) is 5.74. The molecule has 2 heteroatoms. The molecular weight excluding hydrogens is 402 g/mol. The minimum Gasteiger partial charge on any atom is -0.378 e. The number of ketones is 1. The first-order chi connectivity index (χ1) is 16.2. The second kappa shape index (κ2) is 10.9. The lowest BCUT2D eigenvalue weighted by molar-refractivity contribution is 0.104. The zero-order chi connectivity index (χ0) is 22.9. The molecule has 4 rings (SSSR count). The third kappa shape index (κ3) is 5.96. The molecule has 1 unspecified atom stereocenters. The Hall–Kier alpha value is -4.17. The quantitative estimate of drug-likeness (QED) is 0.180. The Morgan fingerprint density at radius 1 is 0.606 bits per heavy atom. The number of hydrogen-bond donors (Lipinski definition) is 1. The Morgan fingerprint density at radius 2 is 1.06 bits per heavy atom. The van der Waals surface area contributed by atoms with Crippen molar-refractivity contribution in [3.05, 3.63) is 156 Å². The van der Waals surface area contributed by atoms with Crippen LogP contribution < -0.4 is 5.32 Å². The molecule has 0 fully saturated rings. The van der Waals surface area contributed by atoms with Crippen molar-refractivity contribution in [2.75, 3.05) is 0 Å². The molecule has 2 nitrogen and oxygen atoms in total. The summed E-state index contributed by atoms with van der Waals surface area (Å²) in [4.78, 5) is 13.1. The van der Waals surface area contributed by atoms with Crippen LogP contribution in [0.25, 0.3) is 11.3 Å². The summed E-state index contributed by atoms with van der Waals surface area (Å²) in [6.45, 7) is 2.15. The molecule has 162 valence electrons. The predicted molar refractivity (Wildman–Crippen MR) is 138 cm³/mol. The number of rotatable bonds is 8. The maximum atomic E-state index is 13.1. The van der Waals surface area contributed by atoms with E-state index < -0.39 is 0 Å². The Morgan fingerprint density at radius 3 is 1.61 bits per heavy atom. The molecule has 4 aromatic carbocycles. The number of carbonyl (C=O) groups is 1. The lowest BCUT2D eigenvalue weighted by Gasteiger charge is -2.20. The molecule has 4 aromatic rings. The van der Waals surface area contributed by atoms with E-state index in [4.69, 9.17) is 0 Å². The van der Waals surface area contributed by atoms with Gasteiger partial charge >= 0.3 is 0 Å². The Balaban J connectivity index is 1.78. The van der Waals surface area contributed by atoms with Crippen molar-refractivity contribution in [2.45, 2.75) is 13.0 Å². The molecule has 33 heavy (non-hydrogen) atoms. The highest BCUT2D eigenvalue weighted by Crippen LogP contribution is 2.25. The molecule has 0 aliphatic carbocycles. The summed E-state index contributed by atoms with van der Waals surface area (Å²) < 4.78 is 0. The summed E-state index contributed by atoms with van der Waals surface area (Å²) in [5, 5.41) is 3.67. The standard InChI is InChI=1S/C31H27NO/c1-24(25-14-6-2-7-15-25)32-30(27-18-10-4-11-19-27)22-29(26-16-8-3-9-17-26)23-31(33)28-20-12-5-13-21-28/h2-24,32H,1H3/b29-23+,30-22-. The van der Waals surface area contributed by atoms with Gasteiger partial charge in [0.15, 0.2) is 5.78 Å². The minimum absolute atomic E-state index is 0.0192. The van der Waals surface area contributed by atoms with Gasteiger partial charge in [-0.25, -0.2) is 0 Å². The number of allylic oxidation sites excluding steroid dienone is 3. The van der Waals surface area contributed by atoms with Gasteiger partial charge in [0.1, 0.15) is 0 Å². The van der Waals surface area contributed by atoms with E-state index in [-0.39, 0.29) is 11.8 Å². The van der Waals surface area contributed by atoms with Gasteiger partial charge in [0, 0.05) is 17.3 Å². The number of benzene rings is 4. The molecule has 0 spiro atoms. The zero-order valence-corrected chi connectivity index (χ0v) is 18.7. The van der Waals surface area contributed by atoms with E-state index in [2.05, 4.69) is 42.6 Å². The normalized spacial score (nSPS) is 12.8. The summed E-state index contributed by atoms with van der Waals surface area (Å²) in [6.07, 6.45) is 3.80. The highest BCUT2D eigenvalue weighted by molar-refractivity contribution is 6.10. The van der Waals surface area contributed by atoms with Crippen molar-refractivity contribution in [1.29, 1.82) is 0 Å². The maximum absolute atomic E-state index is 13.1. The van der Waals surface area contributed by atoms with Crippen LogP contribution in [0.1, 0.15) is 40.0 Å². The second-order valence-corrected chi connectivity index (χ2v) is 7.90. The van der Waals surface area contributed by atoms with E-state index in [9.17, 15) is 4.79 Å². The van der Waals surface area contributed by atoms with E-state index in [1.54, 1.807) is 6.08 Å². The van der Waals surface area contributed by atoms with Gasteiger partial charge in [0.2, 0.25) is 0 Å². The first-order valence-electron chi connectivity index (χ1n) is 11.2. The zero-order valence-electron chi connectivity index (χ0n) is 18.7. The lowest BCUT2D eigenvalue weighted by atomic mass is 9.98. The van der Waals surface area contributed by atoms with Gasteiger partial charge in [-0.3, -0.25) is 4.79 Å². The highest BCUT2D eigenvalue weighted by atomic mass is 16.1. The van der Waals surface area contributed by atoms with E-state index in [1.807, 2.05) is 97.1 Å². The SMILES string of the molecule is CC(N/C(=C\C(=C/C(=O)c1ccccc1)c1ccccc1)c1ccccc1)c1ccccc1. The average Bonchev–Trinajstić information content (AvgIpc) is 2.89. The van der Waals surface area contributed by atoms with Gasteiger partial charge in [-0.05, 0) is 41.3 Å². The maximum Gasteiger partial charge on any atom is 0.186 e. The van der Waals surface area contributed by atoms with Gasteiger partial charge in [0.05, 0.1) is 0 Å². The van der Waals surface area contributed by atoms with Crippen molar-refractivity contribution in [3.8, 4) is 0 Å². The van der Waals surface area contributed by atoms with Crippen LogP contribution in [0.2, 0.25) is 0 Å². The lowest BCUT2D eigenvalue weighted by Crippen LogP contribution is -2.17. The Bertz CT molecular complexity index is 1230. The molecule has 0 aliphatic rings. The van der Waals surface area contributed by atoms with Crippen LogP contribution in [0.4, 0.5) is 0 Å². The van der Waals surface area contributed by atoms with E-state index in [1.165, 1.54) is 5.56 Å². The van der Waals surface area contributed by atoms with Crippen molar-refractivity contribution in [2.24, 2.45) is 0 Å². The van der Waals surface area contributed by atoms with Crippen LogP contribution >= 0.6 is 0 Å². The number of hydrogen-bond acceptors (Lipinski definition) is 2. The van der Waals surface area contributed by atoms with Crippen LogP contribution in [-0.2, 0) is 0 Å². The van der Waals surface area contributed by atoms with Crippen LogP contribution in [0, 0.1) is 0 Å². The van der Waals surface area contributed by atoms with Crippen molar-refractivity contribution >= 4 is 17.1 Å². The average molecular weight is 430 g/mol. The van der Waals surface area contributed by atoms with Crippen LogP contribution in [-0.4, -0.2) is 5.78 Å². The molecule has 0 aromatic heterocycles. The highest BCUT2D eigenvalue weighted by Gasteiger charge is 2.11. The first kappa shape index (κ1) is 22.0. The van der Waals surface area contributed by atoms with Crippen LogP contribution in [0.3, 0.4) is 0 Å². The minimum atomic E-state index is -0.0192. The summed E-state index contributed by atoms with van der Waals surface area (Å²) >= 11 is 0.